The molecule has 2 aliphatic rings. The van der Waals surface area contributed by atoms with Crippen molar-refractivity contribution in [2.24, 2.45) is 0 Å². The predicted octanol–water partition coefficient (Wildman–Crippen LogP) is 5.52. The van der Waals surface area contributed by atoms with E-state index in [2.05, 4.69) is 60.4 Å². The molecule has 2 fully saturated rings. The Labute approximate surface area is 172 Å². The fraction of sp³-hybridized carbons (Fsp3) is 0.500. The minimum absolute atomic E-state index is 0.370. The zero-order valence-electron chi connectivity index (χ0n) is 14.0. The Morgan fingerprint density at radius 1 is 0.833 bits per heavy atom. The molecule has 2 nitrogen and oxygen atoms in total. The standard InChI is InChI=1S/C16H20N2S6/c1-9-13(21-3)23-15(19)17(9)11-7-5-6-8-12(11)18-10(2)14(22-4)24-16(18)20/h5-10,13-14H,1-4H3. The molecule has 2 heterocycles. The van der Waals surface area contributed by atoms with Crippen molar-refractivity contribution >= 4 is 91.5 Å². The van der Waals surface area contributed by atoms with E-state index < -0.39 is 0 Å². The van der Waals surface area contributed by atoms with Gasteiger partial charge in [-0.25, -0.2) is 0 Å². The highest BCUT2D eigenvalue weighted by atomic mass is 32.2. The molecule has 2 aliphatic heterocycles. The molecule has 0 saturated carbocycles. The molecule has 4 atom stereocenters. The SMILES string of the molecule is CSC1SC(=S)N(c2ccccc2N2C(=S)SC(SC)C2C)C1C. The second-order valence-corrected chi connectivity index (χ2v) is 11.8. The van der Waals surface area contributed by atoms with Crippen LogP contribution in [0.2, 0.25) is 0 Å². The van der Waals surface area contributed by atoms with Gasteiger partial charge in [-0.05, 0) is 38.5 Å². The Balaban J connectivity index is 2.00. The van der Waals surface area contributed by atoms with Crippen molar-refractivity contribution in [3.8, 4) is 0 Å². The summed E-state index contributed by atoms with van der Waals surface area (Å²) in [5, 5.41) is 0. The third kappa shape index (κ3) is 3.34. The van der Waals surface area contributed by atoms with Gasteiger partial charge in [-0.15, -0.1) is 23.5 Å². The zero-order valence-corrected chi connectivity index (χ0v) is 18.9. The van der Waals surface area contributed by atoms with Gasteiger partial charge in [0, 0.05) is 0 Å². The number of thioether (sulfide) groups is 4. The molecule has 1 aromatic carbocycles. The fourth-order valence-electron chi connectivity index (χ4n) is 3.08. The average molecular weight is 433 g/mol. The number of nitrogens with zero attached hydrogens (tertiary/aromatic N) is 2. The Morgan fingerprint density at radius 2 is 1.21 bits per heavy atom. The molecule has 0 radical (unpaired) electrons. The summed E-state index contributed by atoms with van der Waals surface area (Å²) in [6.07, 6.45) is 4.31. The van der Waals surface area contributed by atoms with Crippen molar-refractivity contribution < 1.29 is 0 Å². The molecule has 0 bridgehead atoms. The summed E-state index contributed by atoms with van der Waals surface area (Å²) >= 11 is 18.7. The normalized spacial score (nSPS) is 30.5. The third-order valence-electron chi connectivity index (χ3n) is 4.30. The van der Waals surface area contributed by atoms with Crippen LogP contribution in [0, 0.1) is 0 Å². The zero-order chi connectivity index (χ0) is 17.4. The first-order chi connectivity index (χ1) is 11.5. The monoisotopic (exact) mass is 432 g/mol. The van der Waals surface area contributed by atoms with E-state index in [0.717, 1.165) is 8.64 Å². The number of thiocarbonyl (C=S) groups is 2. The first-order valence-corrected chi connectivity index (χ1v) is 12.8. The summed E-state index contributed by atoms with van der Waals surface area (Å²) in [4.78, 5) is 4.62. The number of hydrogen-bond acceptors (Lipinski definition) is 6. The van der Waals surface area contributed by atoms with Crippen LogP contribution in [0.5, 0.6) is 0 Å². The van der Waals surface area contributed by atoms with Gasteiger partial charge >= 0.3 is 0 Å². The summed E-state index contributed by atoms with van der Waals surface area (Å²) < 4.78 is 2.87. The van der Waals surface area contributed by atoms with Crippen LogP contribution in [0.1, 0.15) is 13.8 Å². The van der Waals surface area contributed by atoms with Gasteiger partial charge in [0.05, 0.1) is 32.6 Å². The molecule has 8 heteroatoms. The first kappa shape index (κ1) is 19.2. The van der Waals surface area contributed by atoms with Gasteiger partial charge in [0.25, 0.3) is 0 Å². The van der Waals surface area contributed by atoms with Crippen LogP contribution in [0.3, 0.4) is 0 Å². The Kier molecular flexibility index (Phi) is 6.36. The maximum absolute atomic E-state index is 5.70. The second-order valence-electron chi connectivity index (χ2n) is 5.69. The molecule has 0 aliphatic carbocycles. The van der Waals surface area contributed by atoms with Crippen molar-refractivity contribution in [3.05, 3.63) is 24.3 Å². The molecule has 0 amide bonds. The summed E-state index contributed by atoms with van der Waals surface area (Å²) in [6, 6.07) is 9.27. The molecule has 4 unspecified atom stereocenters. The van der Waals surface area contributed by atoms with Crippen LogP contribution in [0.4, 0.5) is 11.4 Å². The van der Waals surface area contributed by atoms with Crippen molar-refractivity contribution in [2.75, 3.05) is 22.3 Å². The number of benzene rings is 1. The van der Waals surface area contributed by atoms with E-state index in [-0.39, 0.29) is 0 Å². The molecule has 1 aromatic rings. The van der Waals surface area contributed by atoms with Crippen molar-refractivity contribution in [3.63, 3.8) is 0 Å². The predicted molar refractivity (Wildman–Crippen MR) is 125 cm³/mol. The lowest BCUT2D eigenvalue weighted by Gasteiger charge is -2.32. The van der Waals surface area contributed by atoms with Crippen LogP contribution >= 0.6 is 71.5 Å². The molecule has 0 aromatic heterocycles. The summed E-state index contributed by atoms with van der Waals surface area (Å²) in [6.45, 7) is 4.52. The van der Waals surface area contributed by atoms with Gasteiger partial charge < -0.3 is 9.80 Å². The lowest BCUT2D eigenvalue weighted by Crippen LogP contribution is -2.37. The molecule has 0 spiro atoms. The van der Waals surface area contributed by atoms with Crippen molar-refractivity contribution in [2.45, 2.75) is 35.1 Å². The number of rotatable bonds is 4. The third-order valence-corrected chi connectivity index (χ3v) is 10.8. The summed E-state index contributed by atoms with van der Waals surface area (Å²) in [5.74, 6) is 0. The topological polar surface area (TPSA) is 6.48 Å². The molecule has 130 valence electrons. The van der Waals surface area contributed by atoms with Crippen LogP contribution in [0.25, 0.3) is 0 Å². The van der Waals surface area contributed by atoms with Gasteiger partial charge in [0.1, 0.15) is 8.64 Å². The minimum Gasteiger partial charge on any atom is -0.321 e. The molecular formula is C16H20N2S6. The average Bonchev–Trinajstić information content (AvgIpc) is 3.02. The maximum atomic E-state index is 5.70. The van der Waals surface area contributed by atoms with E-state index in [0.29, 0.717) is 21.2 Å². The Bertz CT molecular complexity index is 596. The van der Waals surface area contributed by atoms with Gasteiger partial charge in [-0.3, -0.25) is 0 Å². The minimum atomic E-state index is 0.370. The quantitative estimate of drug-likeness (QED) is 0.567. The number of anilines is 2. The van der Waals surface area contributed by atoms with Gasteiger partial charge in [0.15, 0.2) is 0 Å². The molecule has 2 saturated heterocycles. The first-order valence-electron chi connectivity index (χ1n) is 7.64. The highest BCUT2D eigenvalue weighted by Gasteiger charge is 2.40. The second kappa shape index (κ2) is 7.96. The number of para-hydroxylation sites is 2. The molecule has 3 rings (SSSR count). The van der Waals surface area contributed by atoms with Gasteiger partial charge in [-0.2, -0.15) is 0 Å². The molecule has 24 heavy (non-hydrogen) atoms. The summed E-state index contributed by atoms with van der Waals surface area (Å²) in [7, 11) is 0. The van der Waals surface area contributed by atoms with Crippen LogP contribution in [0.15, 0.2) is 24.3 Å². The van der Waals surface area contributed by atoms with E-state index in [1.807, 2.05) is 23.5 Å². The van der Waals surface area contributed by atoms with Gasteiger partial charge in [0.2, 0.25) is 0 Å². The smallest absolute Gasteiger partial charge is 0.142 e. The largest absolute Gasteiger partial charge is 0.321 e. The van der Waals surface area contributed by atoms with E-state index in [4.69, 9.17) is 24.4 Å². The lowest BCUT2D eigenvalue weighted by atomic mass is 10.2. The van der Waals surface area contributed by atoms with E-state index >= 15 is 0 Å². The summed E-state index contributed by atoms with van der Waals surface area (Å²) in [5.41, 5.74) is 2.35. The van der Waals surface area contributed by atoms with Gasteiger partial charge in [-0.1, -0.05) is 60.1 Å². The van der Waals surface area contributed by atoms with Crippen LogP contribution in [-0.2, 0) is 0 Å². The fourth-order valence-corrected chi connectivity index (χ4v) is 8.74. The molecule has 0 N–H and O–H groups in total. The van der Waals surface area contributed by atoms with Crippen LogP contribution < -0.4 is 9.80 Å². The molecular weight excluding hydrogens is 413 g/mol. The highest BCUT2D eigenvalue weighted by Crippen LogP contribution is 2.47. The highest BCUT2D eigenvalue weighted by molar-refractivity contribution is 8.31. The maximum Gasteiger partial charge on any atom is 0.142 e. The van der Waals surface area contributed by atoms with E-state index in [1.165, 1.54) is 11.4 Å². The lowest BCUT2D eigenvalue weighted by molar-refractivity contribution is 0.798. The van der Waals surface area contributed by atoms with Crippen molar-refractivity contribution in [1.29, 1.82) is 0 Å². The Morgan fingerprint density at radius 3 is 1.50 bits per heavy atom. The van der Waals surface area contributed by atoms with Crippen LogP contribution in [-0.4, -0.2) is 42.4 Å². The van der Waals surface area contributed by atoms with E-state index in [1.54, 1.807) is 23.5 Å². The number of hydrogen-bond donors (Lipinski definition) is 0. The van der Waals surface area contributed by atoms with E-state index in [9.17, 15) is 0 Å². The van der Waals surface area contributed by atoms with Crippen molar-refractivity contribution in [1.82, 2.24) is 0 Å². The Hall–Kier alpha value is 0.400.